The molecule has 0 aliphatic carbocycles. The summed E-state index contributed by atoms with van der Waals surface area (Å²) in [5.41, 5.74) is 0.600. The summed E-state index contributed by atoms with van der Waals surface area (Å²) in [6.07, 6.45) is 0.521. The van der Waals surface area contributed by atoms with Gasteiger partial charge in [0.2, 0.25) is 17.7 Å². The van der Waals surface area contributed by atoms with Crippen LogP contribution in [0.25, 0.3) is 0 Å². The van der Waals surface area contributed by atoms with E-state index >= 15 is 0 Å². The lowest BCUT2D eigenvalue weighted by molar-refractivity contribution is -0.138. The van der Waals surface area contributed by atoms with Gasteiger partial charge in [0.25, 0.3) is 0 Å². The predicted molar refractivity (Wildman–Crippen MR) is 75.0 cm³/mol. The average molecular weight is 292 g/mol. The lowest BCUT2D eigenvalue weighted by atomic mass is 10.2. The molecule has 0 spiro atoms. The van der Waals surface area contributed by atoms with Gasteiger partial charge in [0.05, 0.1) is 0 Å². The molecule has 0 bridgehead atoms. The van der Waals surface area contributed by atoms with Gasteiger partial charge in [-0.1, -0.05) is 0 Å². The molecule has 0 atom stereocenters. The van der Waals surface area contributed by atoms with Crippen molar-refractivity contribution < 1.29 is 18.8 Å². The minimum Gasteiger partial charge on any atom is -0.313 e. The highest BCUT2D eigenvalue weighted by molar-refractivity contribution is 6.02. The number of likely N-dealkylation sites (tertiary alicyclic amines) is 1. The summed E-state index contributed by atoms with van der Waals surface area (Å²) >= 11 is 0. The Hall–Kier alpha value is -2.24. The molecule has 6 heteroatoms. The Morgan fingerprint density at radius 1 is 1.19 bits per heavy atom. The van der Waals surface area contributed by atoms with Crippen LogP contribution in [0, 0.1) is 5.82 Å². The van der Waals surface area contributed by atoms with Gasteiger partial charge >= 0.3 is 0 Å². The van der Waals surface area contributed by atoms with Crippen molar-refractivity contribution in [2.75, 3.05) is 18.0 Å². The quantitative estimate of drug-likeness (QED) is 0.776. The molecule has 1 aromatic rings. The molecule has 0 N–H and O–H groups in total. The highest BCUT2D eigenvalue weighted by atomic mass is 19.1. The molecular formula is C15H17FN2O3. The van der Waals surface area contributed by atoms with Crippen molar-refractivity contribution >= 4 is 23.4 Å². The van der Waals surface area contributed by atoms with Gasteiger partial charge in [0.15, 0.2) is 0 Å². The zero-order chi connectivity index (χ0) is 15.4. The van der Waals surface area contributed by atoms with Crippen LogP contribution in [0.15, 0.2) is 24.3 Å². The van der Waals surface area contributed by atoms with E-state index in [0.717, 1.165) is 4.90 Å². The molecule has 0 unspecified atom stereocenters. The van der Waals surface area contributed by atoms with Crippen molar-refractivity contribution in [3.63, 3.8) is 0 Å². The molecule has 21 heavy (non-hydrogen) atoms. The van der Waals surface area contributed by atoms with Crippen LogP contribution >= 0.6 is 0 Å². The van der Waals surface area contributed by atoms with Crippen LogP contribution in [0.3, 0.4) is 0 Å². The van der Waals surface area contributed by atoms with Gasteiger partial charge in [-0.05, 0) is 31.2 Å². The third-order valence-electron chi connectivity index (χ3n) is 3.46. The number of imide groups is 1. The van der Waals surface area contributed by atoms with Gasteiger partial charge in [-0.2, -0.15) is 0 Å². The maximum Gasteiger partial charge on any atom is 0.229 e. The molecule has 0 aromatic heterocycles. The number of hydrogen-bond donors (Lipinski definition) is 0. The van der Waals surface area contributed by atoms with Crippen LogP contribution in [0.4, 0.5) is 10.1 Å². The molecule has 1 aliphatic heterocycles. The maximum atomic E-state index is 12.9. The summed E-state index contributed by atoms with van der Waals surface area (Å²) in [5.74, 6) is -1.01. The minimum absolute atomic E-state index is 0.0721. The van der Waals surface area contributed by atoms with Gasteiger partial charge in [0.1, 0.15) is 5.82 Å². The van der Waals surface area contributed by atoms with Crippen LogP contribution in [-0.2, 0) is 14.4 Å². The van der Waals surface area contributed by atoms with Crippen LogP contribution in [0.5, 0.6) is 0 Å². The molecule has 3 amide bonds. The first-order valence-corrected chi connectivity index (χ1v) is 6.92. The molecule has 0 saturated carbocycles. The second kappa shape index (κ2) is 6.47. The first-order valence-electron chi connectivity index (χ1n) is 6.92. The van der Waals surface area contributed by atoms with Crippen molar-refractivity contribution in [2.45, 2.75) is 26.2 Å². The van der Waals surface area contributed by atoms with Crippen molar-refractivity contribution in [3.8, 4) is 0 Å². The Kier molecular flexibility index (Phi) is 4.67. The van der Waals surface area contributed by atoms with Crippen molar-refractivity contribution in [2.24, 2.45) is 0 Å². The third-order valence-corrected chi connectivity index (χ3v) is 3.46. The van der Waals surface area contributed by atoms with E-state index < -0.39 is 0 Å². The van der Waals surface area contributed by atoms with Crippen LogP contribution in [0.1, 0.15) is 26.2 Å². The molecule has 0 radical (unpaired) electrons. The monoisotopic (exact) mass is 292 g/mol. The van der Waals surface area contributed by atoms with E-state index in [1.807, 2.05) is 6.92 Å². The van der Waals surface area contributed by atoms with Crippen molar-refractivity contribution in [1.82, 2.24) is 4.90 Å². The number of hydrogen-bond acceptors (Lipinski definition) is 3. The zero-order valence-electron chi connectivity index (χ0n) is 11.8. The van der Waals surface area contributed by atoms with E-state index in [1.54, 1.807) is 0 Å². The van der Waals surface area contributed by atoms with Crippen molar-refractivity contribution in [3.05, 3.63) is 30.1 Å². The number of anilines is 1. The predicted octanol–water partition coefficient (Wildman–Crippen LogP) is 1.72. The minimum atomic E-state index is -0.365. The summed E-state index contributed by atoms with van der Waals surface area (Å²) in [4.78, 5) is 37.8. The number of rotatable bonds is 5. The first kappa shape index (κ1) is 15.2. The Morgan fingerprint density at radius 2 is 1.76 bits per heavy atom. The van der Waals surface area contributed by atoms with Crippen LogP contribution in [0.2, 0.25) is 0 Å². The van der Waals surface area contributed by atoms with Gasteiger partial charge in [-0.3, -0.25) is 19.3 Å². The number of halogens is 1. The molecule has 2 rings (SSSR count). The second-order valence-electron chi connectivity index (χ2n) is 4.80. The first-order chi connectivity index (χ1) is 10.0. The standard InChI is InChI=1S/C15H17FN2O3/c1-2-17(12-5-3-11(16)4-6-12)15(21)9-10-18-13(19)7-8-14(18)20/h3-6H,2,7-10H2,1H3. The Morgan fingerprint density at radius 3 is 2.29 bits per heavy atom. The Bertz CT molecular complexity index is 541. The summed E-state index contributed by atoms with van der Waals surface area (Å²) in [6, 6.07) is 5.64. The summed E-state index contributed by atoms with van der Waals surface area (Å²) < 4.78 is 12.9. The SMILES string of the molecule is CCN(C(=O)CCN1C(=O)CCC1=O)c1ccc(F)cc1. The molecular weight excluding hydrogens is 275 g/mol. The largest absolute Gasteiger partial charge is 0.313 e. The third kappa shape index (κ3) is 3.45. The normalized spacial score (nSPS) is 14.7. The van der Waals surface area contributed by atoms with Gasteiger partial charge in [-0.15, -0.1) is 0 Å². The summed E-state index contributed by atoms with van der Waals surface area (Å²) in [7, 11) is 0. The maximum absolute atomic E-state index is 12.9. The highest BCUT2D eigenvalue weighted by Gasteiger charge is 2.29. The Labute approximate surface area is 122 Å². The van der Waals surface area contributed by atoms with Crippen LogP contribution in [-0.4, -0.2) is 35.7 Å². The molecule has 1 fully saturated rings. The molecule has 1 aliphatic rings. The lowest BCUT2D eigenvalue weighted by Crippen LogP contribution is -2.36. The molecule has 1 heterocycles. The number of carbonyl (C=O) groups is 3. The number of amides is 3. The lowest BCUT2D eigenvalue weighted by Gasteiger charge is -2.22. The molecule has 112 valence electrons. The van der Waals surface area contributed by atoms with E-state index in [-0.39, 0.29) is 49.3 Å². The van der Waals surface area contributed by atoms with E-state index in [0.29, 0.717) is 12.2 Å². The number of benzene rings is 1. The molecule has 1 saturated heterocycles. The number of nitrogens with zero attached hydrogens (tertiary/aromatic N) is 2. The molecule has 1 aromatic carbocycles. The second-order valence-corrected chi connectivity index (χ2v) is 4.80. The number of carbonyl (C=O) groups excluding carboxylic acids is 3. The van der Waals surface area contributed by atoms with Gasteiger partial charge in [0, 0.05) is 38.0 Å². The van der Waals surface area contributed by atoms with Gasteiger partial charge in [-0.25, -0.2) is 4.39 Å². The summed E-state index contributed by atoms with van der Waals surface area (Å²) in [6.45, 7) is 2.36. The fourth-order valence-electron chi connectivity index (χ4n) is 2.34. The zero-order valence-corrected chi connectivity index (χ0v) is 11.8. The molecule has 5 nitrogen and oxygen atoms in total. The van der Waals surface area contributed by atoms with Crippen LogP contribution < -0.4 is 4.90 Å². The van der Waals surface area contributed by atoms with Crippen molar-refractivity contribution in [1.29, 1.82) is 0 Å². The van der Waals surface area contributed by atoms with Gasteiger partial charge < -0.3 is 4.90 Å². The smallest absolute Gasteiger partial charge is 0.229 e. The van der Waals surface area contributed by atoms with E-state index in [2.05, 4.69) is 0 Å². The average Bonchev–Trinajstić information content (AvgIpc) is 2.78. The topological polar surface area (TPSA) is 57.7 Å². The van der Waals surface area contributed by atoms with E-state index in [9.17, 15) is 18.8 Å². The summed E-state index contributed by atoms with van der Waals surface area (Å²) in [5, 5.41) is 0. The fraction of sp³-hybridized carbons (Fsp3) is 0.400. The van der Waals surface area contributed by atoms with E-state index in [1.165, 1.54) is 29.2 Å². The highest BCUT2D eigenvalue weighted by Crippen LogP contribution is 2.17. The van der Waals surface area contributed by atoms with E-state index in [4.69, 9.17) is 0 Å². The Balaban J connectivity index is 1.99. The fourth-order valence-corrected chi connectivity index (χ4v) is 2.34.